The summed E-state index contributed by atoms with van der Waals surface area (Å²) in [5, 5.41) is 6.88. The summed E-state index contributed by atoms with van der Waals surface area (Å²) < 4.78 is 5.39. The highest BCUT2D eigenvalue weighted by atomic mass is 16.5. The van der Waals surface area contributed by atoms with Crippen molar-refractivity contribution in [2.45, 2.75) is 26.7 Å². The van der Waals surface area contributed by atoms with Crippen LogP contribution in [0.25, 0.3) is 22.6 Å². The average molecular weight is 533 g/mol. The Balaban J connectivity index is 1.31. The quantitative estimate of drug-likeness (QED) is 0.258. The standard InChI is InChI=1S/C32H32N6O2/c1-21-5-8-24(32(39)36-28-9-6-23(7-10-28)12-14-38(3)4)15-25(21)17-30-34-13-11-29(37-30)26-16-27(20-33-19-26)31-22(2)18-35-40-31/h5-11,13,15-16,18-20H,12,14,17H2,1-4H3,(H,36,39). The van der Waals surface area contributed by atoms with E-state index in [1.54, 1.807) is 24.8 Å². The zero-order chi connectivity index (χ0) is 28.1. The van der Waals surface area contributed by atoms with Gasteiger partial charge < -0.3 is 14.7 Å². The first-order chi connectivity index (χ1) is 19.4. The molecule has 0 unspecified atom stereocenters. The van der Waals surface area contributed by atoms with Gasteiger partial charge in [0.1, 0.15) is 5.82 Å². The molecule has 5 aromatic rings. The Morgan fingerprint density at radius 2 is 1.73 bits per heavy atom. The number of rotatable bonds is 9. The number of aryl methyl sites for hydroxylation is 2. The fraction of sp³-hybridized carbons (Fsp3) is 0.219. The Labute approximate surface area is 234 Å². The Hall–Kier alpha value is -4.69. The third kappa shape index (κ3) is 6.47. The van der Waals surface area contributed by atoms with Crippen molar-refractivity contribution >= 4 is 11.6 Å². The number of likely N-dealkylation sites (N-methyl/N-ethyl adjacent to an activating group) is 1. The number of hydrogen-bond acceptors (Lipinski definition) is 7. The van der Waals surface area contributed by atoms with Crippen LogP contribution in [-0.2, 0) is 12.8 Å². The minimum atomic E-state index is -0.150. The fourth-order valence-electron chi connectivity index (χ4n) is 4.40. The number of pyridine rings is 1. The lowest BCUT2D eigenvalue weighted by atomic mass is 10.0. The molecule has 3 heterocycles. The second-order valence-corrected chi connectivity index (χ2v) is 10.2. The molecule has 8 nitrogen and oxygen atoms in total. The summed E-state index contributed by atoms with van der Waals surface area (Å²) in [6.45, 7) is 4.96. The van der Waals surface area contributed by atoms with E-state index in [0.717, 1.165) is 52.2 Å². The first-order valence-electron chi connectivity index (χ1n) is 13.2. The molecule has 0 aliphatic carbocycles. The molecule has 5 rings (SSSR count). The van der Waals surface area contributed by atoms with Crippen LogP contribution < -0.4 is 5.32 Å². The molecule has 2 aromatic carbocycles. The van der Waals surface area contributed by atoms with Gasteiger partial charge in [0.2, 0.25) is 0 Å². The van der Waals surface area contributed by atoms with Crippen LogP contribution in [0.4, 0.5) is 5.69 Å². The molecule has 202 valence electrons. The topological polar surface area (TPSA) is 97.0 Å². The van der Waals surface area contributed by atoms with Gasteiger partial charge >= 0.3 is 0 Å². The number of nitrogens with one attached hydrogen (secondary N) is 1. The number of benzene rings is 2. The predicted molar refractivity (Wildman–Crippen MR) is 156 cm³/mol. The van der Waals surface area contributed by atoms with Crippen LogP contribution in [0.2, 0.25) is 0 Å². The van der Waals surface area contributed by atoms with E-state index >= 15 is 0 Å². The third-order valence-electron chi connectivity index (χ3n) is 6.77. The highest BCUT2D eigenvalue weighted by Crippen LogP contribution is 2.26. The maximum absolute atomic E-state index is 13.1. The molecular weight excluding hydrogens is 500 g/mol. The number of carbonyl (C=O) groups is 1. The normalized spacial score (nSPS) is 11.1. The lowest BCUT2D eigenvalue weighted by Crippen LogP contribution is -2.15. The van der Waals surface area contributed by atoms with Crippen LogP contribution in [0.3, 0.4) is 0 Å². The van der Waals surface area contributed by atoms with Crippen LogP contribution in [-0.4, -0.2) is 51.6 Å². The Morgan fingerprint density at radius 1 is 0.925 bits per heavy atom. The molecule has 0 bridgehead atoms. The molecule has 0 spiro atoms. The second-order valence-electron chi connectivity index (χ2n) is 10.2. The Morgan fingerprint density at radius 3 is 2.48 bits per heavy atom. The van der Waals surface area contributed by atoms with E-state index in [1.807, 2.05) is 56.3 Å². The number of aromatic nitrogens is 4. The van der Waals surface area contributed by atoms with Gasteiger partial charge in [0.05, 0.1) is 11.9 Å². The van der Waals surface area contributed by atoms with E-state index in [4.69, 9.17) is 9.51 Å². The second kappa shape index (κ2) is 12.0. The van der Waals surface area contributed by atoms with Crippen molar-refractivity contribution < 1.29 is 9.32 Å². The summed E-state index contributed by atoms with van der Waals surface area (Å²) in [5.41, 5.74) is 8.06. The van der Waals surface area contributed by atoms with Gasteiger partial charge in [-0.25, -0.2) is 9.97 Å². The van der Waals surface area contributed by atoms with Crippen molar-refractivity contribution in [3.63, 3.8) is 0 Å². The molecule has 1 N–H and O–H groups in total. The lowest BCUT2D eigenvalue weighted by molar-refractivity contribution is 0.102. The Kier molecular flexibility index (Phi) is 8.07. The number of carbonyl (C=O) groups excluding carboxylic acids is 1. The summed E-state index contributed by atoms with van der Waals surface area (Å²) in [6, 6.07) is 17.6. The first kappa shape index (κ1) is 26.9. The molecule has 0 aliphatic heterocycles. The summed E-state index contributed by atoms with van der Waals surface area (Å²) in [7, 11) is 4.12. The minimum Gasteiger partial charge on any atom is -0.356 e. The van der Waals surface area contributed by atoms with Crippen LogP contribution in [0.5, 0.6) is 0 Å². The van der Waals surface area contributed by atoms with Gasteiger partial charge in [-0.1, -0.05) is 23.4 Å². The van der Waals surface area contributed by atoms with Crippen molar-refractivity contribution in [3.05, 3.63) is 113 Å². The minimum absolute atomic E-state index is 0.150. The van der Waals surface area contributed by atoms with Crippen molar-refractivity contribution in [2.24, 2.45) is 0 Å². The predicted octanol–water partition coefficient (Wildman–Crippen LogP) is 5.76. The van der Waals surface area contributed by atoms with Crippen LogP contribution >= 0.6 is 0 Å². The number of hydrogen-bond donors (Lipinski definition) is 1. The maximum Gasteiger partial charge on any atom is 0.255 e. The van der Waals surface area contributed by atoms with Gasteiger partial charge in [-0.05, 0) is 87.5 Å². The molecule has 3 aromatic heterocycles. The monoisotopic (exact) mass is 532 g/mol. The van der Waals surface area contributed by atoms with Crippen LogP contribution in [0, 0.1) is 13.8 Å². The molecule has 0 aliphatic rings. The molecular formula is C32H32N6O2. The van der Waals surface area contributed by atoms with Crippen molar-refractivity contribution in [1.29, 1.82) is 0 Å². The molecule has 0 fully saturated rings. The molecule has 1 amide bonds. The fourth-order valence-corrected chi connectivity index (χ4v) is 4.40. The van der Waals surface area contributed by atoms with E-state index in [2.05, 4.69) is 51.6 Å². The van der Waals surface area contributed by atoms with Gasteiger partial charge in [0.25, 0.3) is 5.91 Å². The number of nitrogens with zero attached hydrogens (tertiary/aromatic N) is 5. The van der Waals surface area contributed by atoms with Crippen molar-refractivity contribution in [2.75, 3.05) is 26.0 Å². The molecule has 40 heavy (non-hydrogen) atoms. The van der Waals surface area contributed by atoms with Crippen LogP contribution in [0.1, 0.15) is 38.4 Å². The van der Waals surface area contributed by atoms with Crippen molar-refractivity contribution in [1.82, 2.24) is 25.0 Å². The highest BCUT2D eigenvalue weighted by molar-refractivity contribution is 6.04. The summed E-state index contributed by atoms with van der Waals surface area (Å²) in [4.78, 5) is 28.9. The maximum atomic E-state index is 13.1. The zero-order valence-corrected chi connectivity index (χ0v) is 23.2. The first-order valence-corrected chi connectivity index (χ1v) is 13.2. The van der Waals surface area contributed by atoms with E-state index < -0.39 is 0 Å². The number of amides is 1. The Bertz CT molecular complexity index is 1630. The highest BCUT2D eigenvalue weighted by Gasteiger charge is 2.13. The van der Waals surface area contributed by atoms with Gasteiger partial charge in [-0.2, -0.15) is 0 Å². The smallest absolute Gasteiger partial charge is 0.255 e. The molecule has 0 radical (unpaired) electrons. The molecule has 0 saturated carbocycles. The summed E-state index contributed by atoms with van der Waals surface area (Å²) >= 11 is 0. The number of anilines is 1. The van der Waals surface area contributed by atoms with E-state index in [0.29, 0.717) is 23.6 Å². The molecule has 0 saturated heterocycles. The van der Waals surface area contributed by atoms with E-state index in [9.17, 15) is 4.79 Å². The van der Waals surface area contributed by atoms with Gasteiger partial charge in [0.15, 0.2) is 5.76 Å². The van der Waals surface area contributed by atoms with E-state index in [1.165, 1.54) is 5.56 Å². The largest absolute Gasteiger partial charge is 0.356 e. The lowest BCUT2D eigenvalue weighted by Gasteiger charge is -2.11. The summed E-state index contributed by atoms with van der Waals surface area (Å²) in [5.74, 6) is 1.20. The SMILES string of the molecule is Cc1ccc(C(=O)Nc2ccc(CCN(C)C)cc2)cc1Cc1nccc(-c2cncc(-c3oncc3C)c2)n1. The van der Waals surface area contributed by atoms with Gasteiger partial charge in [-0.3, -0.25) is 9.78 Å². The molecule has 0 atom stereocenters. The third-order valence-corrected chi connectivity index (χ3v) is 6.77. The summed E-state index contributed by atoms with van der Waals surface area (Å²) in [6.07, 6.45) is 8.41. The van der Waals surface area contributed by atoms with E-state index in [-0.39, 0.29) is 5.91 Å². The average Bonchev–Trinajstić information content (AvgIpc) is 3.40. The van der Waals surface area contributed by atoms with Gasteiger partial charge in [0, 0.05) is 59.5 Å². The van der Waals surface area contributed by atoms with Crippen LogP contribution in [0.15, 0.2) is 83.9 Å². The van der Waals surface area contributed by atoms with Crippen molar-refractivity contribution in [3.8, 4) is 22.6 Å². The zero-order valence-electron chi connectivity index (χ0n) is 23.2. The molecule has 8 heteroatoms. The van der Waals surface area contributed by atoms with Gasteiger partial charge in [-0.15, -0.1) is 0 Å².